The van der Waals surface area contributed by atoms with E-state index in [1.54, 1.807) is 18.3 Å². The molecule has 0 aliphatic rings. The average molecular weight is 261 g/mol. The van der Waals surface area contributed by atoms with Gasteiger partial charge in [0.15, 0.2) is 11.5 Å². The lowest BCUT2D eigenvalue weighted by atomic mass is 10.1. The van der Waals surface area contributed by atoms with E-state index < -0.39 is 0 Å². The van der Waals surface area contributed by atoms with Gasteiger partial charge < -0.3 is 21.3 Å². The molecule has 0 radical (unpaired) electrons. The number of benzene rings is 1. The van der Waals surface area contributed by atoms with E-state index in [0.717, 1.165) is 18.5 Å². The molecule has 2 rings (SSSR count). The molecule has 1 aromatic heterocycles. The maximum Gasteiger partial charge on any atom is 0.167 e. The highest BCUT2D eigenvalue weighted by atomic mass is 16.3. The zero-order chi connectivity index (χ0) is 13.8. The summed E-state index contributed by atoms with van der Waals surface area (Å²) in [4.78, 5) is 4.26. The highest BCUT2D eigenvalue weighted by Crippen LogP contribution is 2.37. The van der Waals surface area contributed by atoms with Gasteiger partial charge in [0.25, 0.3) is 0 Å². The summed E-state index contributed by atoms with van der Waals surface area (Å²) in [5, 5.41) is 23.4. The van der Waals surface area contributed by atoms with Gasteiger partial charge in [0.05, 0.1) is 11.2 Å². The van der Waals surface area contributed by atoms with Crippen LogP contribution in [0.2, 0.25) is 0 Å². The number of phenols is 2. The van der Waals surface area contributed by atoms with E-state index >= 15 is 0 Å². The van der Waals surface area contributed by atoms with Gasteiger partial charge in [-0.2, -0.15) is 0 Å². The molecule has 102 valence electrons. The second-order valence-corrected chi connectivity index (χ2v) is 4.67. The van der Waals surface area contributed by atoms with E-state index in [9.17, 15) is 10.2 Å². The number of phenolic OH excluding ortho intramolecular Hbond substituents is 2. The number of anilines is 1. The summed E-state index contributed by atoms with van der Waals surface area (Å²) in [6.07, 6.45) is 3.53. The van der Waals surface area contributed by atoms with Crippen molar-refractivity contribution in [1.29, 1.82) is 0 Å². The Morgan fingerprint density at radius 1 is 1.42 bits per heavy atom. The molecule has 0 saturated carbocycles. The Labute approximate surface area is 112 Å². The van der Waals surface area contributed by atoms with Gasteiger partial charge in [0.2, 0.25) is 0 Å². The zero-order valence-electron chi connectivity index (χ0n) is 10.9. The van der Waals surface area contributed by atoms with Crippen LogP contribution in [0.3, 0.4) is 0 Å². The van der Waals surface area contributed by atoms with E-state index in [-0.39, 0.29) is 17.5 Å². The zero-order valence-corrected chi connectivity index (χ0v) is 10.9. The van der Waals surface area contributed by atoms with Crippen molar-refractivity contribution in [3.63, 3.8) is 0 Å². The second-order valence-electron chi connectivity index (χ2n) is 4.67. The molecule has 0 amide bonds. The molecule has 5 nitrogen and oxygen atoms in total. The molecule has 1 unspecified atom stereocenters. The predicted octanol–water partition coefficient (Wildman–Crippen LogP) is 2.19. The molecule has 0 saturated heterocycles. The van der Waals surface area contributed by atoms with Crippen LogP contribution in [-0.2, 0) is 0 Å². The maximum atomic E-state index is 9.82. The minimum atomic E-state index is -0.144. The maximum absolute atomic E-state index is 9.82. The molecular weight excluding hydrogens is 242 g/mol. The number of nitrogens with two attached hydrogens (primary N) is 1. The van der Waals surface area contributed by atoms with Crippen LogP contribution in [0.1, 0.15) is 19.8 Å². The molecule has 1 heterocycles. The first-order chi connectivity index (χ1) is 9.13. The minimum absolute atomic E-state index is 0.136. The van der Waals surface area contributed by atoms with Gasteiger partial charge in [-0.3, -0.25) is 4.98 Å². The SMILES string of the molecule is CC(CCCN)Nc1cc(O)c(O)c2cccnc12. The van der Waals surface area contributed by atoms with E-state index in [0.29, 0.717) is 17.4 Å². The molecule has 5 N–H and O–H groups in total. The van der Waals surface area contributed by atoms with E-state index in [1.165, 1.54) is 6.07 Å². The molecule has 2 aromatic rings. The Hall–Kier alpha value is -2.01. The number of aromatic hydroxyl groups is 2. The van der Waals surface area contributed by atoms with Gasteiger partial charge in [-0.15, -0.1) is 0 Å². The van der Waals surface area contributed by atoms with Gasteiger partial charge in [-0.1, -0.05) is 0 Å². The summed E-state index contributed by atoms with van der Waals surface area (Å²) >= 11 is 0. The van der Waals surface area contributed by atoms with Crippen LogP contribution in [0.4, 0.5) is 5.69 Å². The first-order valence-electron chi connectivity index (χ1n) is 6.39. The minimum Gasteiger partial charge on any atom is -0.504 e. The third kappa shape index (κ3) is 2.88. The quantitative estimate of drug-likeness (QED) is 0.489. The number of nitrogens with zero attached hydrogens (tertiary/aromatic N) is 1. The summed E-state index contributed by atoms with van der Waals surface area (Å²) in [7, 11) is 0. The number of aromatic nitrogens is 1. The number of fused-ring (bicyclic) bond motifs is 1. The molecule has 0 aliphatic carbocycles. The monoisotopic (exact) mass is 261 g/mol. The number of rotatable bonds is 5. The third-order valence-corrected chi connectivity index (χ3v) is 3.08. The Morgan fingerprint density at radius 3 is 2.95 bits per heavy atom. The molecule has 0 bridgehead atoms. The highest BCUT2D eigenvalue weighted by molar-refractivity contribution is 5.96. The summed E-state index contributed by atoms with van der Waals surface area (Å²) in [6, 6.07) is 5.18. The Bertz CT molecular complexity index is 572. The van der Waals surface area contributed by atoms with Gasteiger partial charge in [0, 0.05) is 23.7 Å². The second kappa shape index (κ2) is 5.75. The van der Waals surface area contributed by atoms with Crippen LogP contribution >= 0.6 is 0 Å². The summed E-state index contributed by atoms with van der Waals surface area (Å²) < 4.78 is 0. The molecule has 5 heteroatoms. The molecule has 19 heavy (non-hydrogen) atoms. The van der Waals surface area contributed by atoms with Gasteiger partial charge in [-0.05, 0) is 38.4 Å². The standard InChI is InChI=1S/C14H19N3O2/c1-9(4-2-6-15)17-11-8-12(18)14(19)10-5-3-7-16-13(10)11/h3,5,7-9,17-19H,2,4,6,15H2,1H3. The van der Waals surface area contributed by atoms with Crippen molar-refractivity contribution in [2.45, 2.75) is 25.8 Å². The fourth-order valence-electron chi connectivity index (χ4n) is 2.09. The largest absolute Gasteiger partial charge is 0.504 e. The number of hydrogen-bond acceptors (Lipinski definition) is 5. The number of hydrogen-bond donors (Lipinski definition) is 4. The predicted molar refractivity (Wildman–Crippen MR) is 76.4 cm³/mol. The average Bonchev–Trinajstić information content (AvgIpc) is 2.42. The van der Waals surface area contributed by atoms with E-state index in [2.05, 4.69) is 10.3 Å². The lowest BCUT2D eigenvalue weighted by molar-refractivity contribution is 0.408. The van der Waals surface area contributed by atoms with Crippen LogP contribution in [0, 0.1) is 0 Å². The van der Waals surface area contributed by atoms with Crippen LogP contribution in [0.15, 0.2) is 24.4 Å². The third-order valence-electron chi connectivity index (χ3n) is 3.08. The summed E-state index contributed by atoms with van der Waals surface area (Å²) in [5.41, 5.74) is 6.86. The molecular formula is C14H19N3O2. The van der Waals surface area contributed by atoms with Gasteiger partial charge >= 0.3 is 0 Å². The summed E-state index contributed by atoms with van der Waals surface area (Å²) in [5.74, 6) is -0.280. The van der Waals surface area contributed by atoms with Gasteiger partial charge in [-0.25, -0.2) is 0 Å². The van der Waals surface area contributed by atoms with Crippen molar-refractivity contribution in [3.05, 3.63) is 24.4 Å². The van der Waals surface area contributed by atoms with Crippen LogP contribution in [0.5, 0.6) is 11.5 Å². The van der Waals surface area contributed by atoms with Crippen molar-refractivity contribution >= 4 is 16.6 Å². The van der Waals surface area contributed by atoms with Gasteiger partial charge in [0.1, 0.15) is 0 Å². The Balaban J connectivity index is 2.35. The molecule has 0 aliphatic heterocycles. The fourth-order valence-corrected chi connectivity index (χ4v) is 2.09. The first kappa shape index (κ1) is 13.4. The lowest BCUT2D eigenvalue weighted by Gasteiger charge is -2.17. The van der Waals surface area contributed by atoms with E-state index in [1.807, 2.05) is 6.92 Å². The smallest absolute Gasteiger partial charge is 0.167 e. The Morgan fingerprint density at radius 2 is 2.21 bits per heavy atom. The van der Waals surface area contributed by atoms with Crippen LogP contribution in [0.25, 0.3) is 10.9 Å². The van der Waals surface area contributed by atoms with E-state index in [4.69, 9.17) is 5.73 Å². The van der Waals surface area contributed by atoms with Crippen molar-refractivity contribution in [2.75, 3.05) is 11.9 Å². The van der Waals surface area contributed by atoms with Crippen molar-refractivity contribution in [1.82, 2.24) is 4.98 Å². The van der Waals surface area contributed by atoms with Crippen molar-refractivity contribution < 1.29 is 10.2 Å². The van der Waals surface area contributed by atoms with Crippen molar-refractivity contribution in [2.24, 2.45) is 5.73 Å². The Kier molecular flexibility index (Phi) is 4.06. The normalized spacial score (nSPS) is 12.5. The summed E-state index contributed by atoms with van der Waals surface area (Å²) in [6.45, 7) is 2.71. The lowest BCUT2D eigenvalue weighted by Crippen LogP contribution is -2.17. The molecule has 1 aromatic carbocycles. The van der Waals surface area contributed by atoms with Crippen LogP contribution in [-0.4, -0.2) is 27.8 Å². The molecule has 0 fully saturated rings. The molecule has 0 spiro atoms. The highest BCUT2D eigenvalue weighted by Gasteiger charge is 2.12. The fraction of sp³-hybridized carbons (Fsp3) is 0.357. The topological polar surface area (TPSA) is 91.4 Å². The van der Waals surface area contributed by atoms with Crippen LogP contribution < -0.4 is 11.1 Å². The number of pyridine rings is 1. The number of nitrogens with one attached hydrogen (secondary N) is 1. The molecule has 1 atom stereocenters. The first-order valence-corrected chi connectivity index (χ1v) is 6.39. The van der Waals surface area contributed by atoms with Crippen molar-refractivity contribution in [3.8, 4) is 11.5 Å².